The topological polar surface area (TPSA) is 72.7 Å². The summed E-state index contributed by atoms with van der Waals surface area (Å²) in [6.07, 6.45) is 1.87. The molecule has 0 saturated carbocycles. The van der Waals surface area contributed by atoms with Crippen LogP contribution in [-0.2, 0) is 11.3 Å². The van der Waals surface area contributed by atoms with Gasteiger partial charge in [0.1, 0.15) is 6.54 Å². The Hall–Kier alpha value is -3.02. The molecule has 3 aromatic rings. The van der Waals surface area contributed by atoms with Crippen LogP contribution in [-0.4, -0.2) is 26.1 Å². The zero-order valence-electron chi connectivity index (χ0n) is 16.7. The summed E-state index contributed by atoms with van der Waals surface area (Å²) in [5.74, 6) is 0.875. The van der Waals surface area contributed by atoms with Crippen LogP contribution in [0.1, 0.15) is 56.7 Å². The number of tetrazole rings is 1. The molecule has 1 aromatic heterocycles. The molecule has 1 heterocycles. The summed E-state index contributed by atoms with van der Waals surface area (Å²) in [4.78, 5) is 13.8. The van der Waals surface area contributed by atoms with Crippen LogP contribution in [0.5, 0.6) is 0 Å². The number of aromatic nitrogens is 4. The Morgan fingerprint density at radius 3 is 2.39 bits per heavy atom. The minimum absolute atomic E-state index is 0.00901. The van der Waals surface area contributed by atoms with Crippen molar-refractivity contribution in [2.75, 3.05) is 0 Å². The van der Waals surface area contributed by atoms with Gasteiger partial charge in [-0.05, 0) is 28.7 Å². The summed E-state index contributed by atoms with van der Waals surface area (Å²) in [5, 5.41) is 15.6. The molecular formula is C22H27N5O. The molecule has 0 saturated heterocycles. The molecule has 1 amide bonds. The molecule has 28 heavy (non-hydrogen) atoms. The number of hydrogen-bond acceptors (Lipinski definition) is 4. The van der Waals surface area contributed by atoms with E-state index < -0.39 is 0 Å². The van der Waals surface area contributed by atoms with Crippen molar-refractivity contribution in [3.8, 4) is 11.4 Å². The van der Waals surface area contributed by atoms with E-state index in [0.29, 0.717) is 11.7 Å². The predicted molar refractivity (Wildman–Crippen MR) is 110 cm³/mol. The summed E-state index contributed by atoms with van der Waals surface area (Å²) in [5.41, 5.74) is 3.26. The number of benzene rings is 2. The first-order valence-electron chi connectivity index (χ1n) is 9.79. The van der Waals surface area contributed by atoms with Gasteiger partial charge in [-0.2, -0.15) is 4.80 Å². The molecular weight excluding hydrogens is 350 g/mol. The molecule has 0 radical (unpaired) electrons. The minimum atomic E-state index is -0.124. The van der Waals surface area contributed by atoms with Crippen LogP contribution in [0.2, 0.25) is 0 Å². The van der Waals surface area contributed by atoms with E-state index in [4.69, 9.17) is 0 Å². The first kappa shape index (κ1) is 19.7. The fourth-order valence-corrected chi connectivity index (χ4v) is 3.11. The number of amides is 1. The molecule has 1 N–H and O–H groups in total. The number of hydrogen-bond donors (Lipinski definition) is 1. The lowest BCUT2D eigenvalue weighted by Gasteiger charge is -2.18. The smallest absolute Gasteiger partial charge is 0.244 e. The van der Waals surface area contributed by atoms with Crippen molar-refractivity contribution in [3.05, 3.63) is 65.7 Å². The third kappa shape index (κ3) is 5.03. The molecule has 6 heteroatoms. The van der Waals surface area contributed by atoms with Crippen LogP contribution in [0, 0.1) is 0 Å². The van der Waals surface area contributed by atoms with Crippen LogP contribution in [0.15, 0.2) is 54.6 Å². The lowest BCUT2D eigenvalue weighted by atomic mass is 10.0. The van der Waals surface area contributed by atoms with Crippen LogP contribution in [0.25, 0.3) is 11.4 Å². The number of nitrogens with zero attached hydrogens (tertiary/aromatic N) is 4. The second kappa shape index (κ2) is 9.26. The van der Waals surface area contributed by atoms with Gasteiger partial charge in [0.2, 0.25) is 11.7 Å². The second-order valence-corrected chi connectivity index (χ2v) is 7.24. The number of rotatable bonds is 8. The van der Waals surface area contributed by atoms with Gasteiger partial charge in [-0.25, -0.2) is 0 Å². The van der Waals surface area contributed by atoms with Crippen molar-refractivity contribution in [1.82, 2.24) is 25.5 Å². The average Bonchev–Trinajstić information content (AvgIpc) is 3.16. The Kier molecular flexibility index (Phi) is 6.53. The molecule has 6 nitrogen and oxygen atoms in total. The molecule has 0 aliphatic heterocycles. The van der Waals surface area contributed by atoms with Crippen molar-refractivity contribution in [2.24, 2.45) is 0 Å². The Bertz CT molecular complexity index is 887. The minimum Gasteiger partial charge on any atom is -0.348 e. The van der Waals surface area contributed by atoms with E-state index in [-0.39, 0.29) is 18.5 Å². The molecule has 0 unspecified atom stereocenters. The fraction of sp³-hybridized carbons (Fsp3) is 0.364. The number of carbonyl (C=O) groups excluding carboxylic acids is 1. The molecule has 3 rings (SSSR count). The van der Waals surface area contributed by atoms with E-state index in [0.717, 1.165) is 24.0 Å². The molecule has 0 aliphatic rings. The summed E-state index contributed by atoms with van der Waals surface area (Å²) in [7, 11) is 0. The third-order valence-electron chi connectivity index (χ3n) is 4.69. The maximum atomic E-state index is 12.5. The molecule has 0 fully saturated rings. The normalized spacial score (nSPS) is 12.1. The third-order valence-corrected chi connectivity index (χ3v) is 4.69. The van der Waals surface area contributed by atoms with E-state index >= 15 is 0 Å². The molecule has 2 aromatic carbocycles. The van der Waals surface area contributed by atoms with Gasteiger partial charge in [-0.3, -0.25) is 4.79 Å². The Morgan fingerprint density at radius 1 is 1.04 bits per heavy atom. The maximum absolute atomic E-state index is 12.5. The Balaban J connectivity index is 1.64. The average molecular weight is 377 g/mol. The molecule has 146 valence electrons. The first-order chi connectivity index (χ1) is 13.6. The van der Waals surface area contributed by atoms with Gasteiger partial charge in [0.15, 0.2) is 0 Å². The van der Waals surface area contributed by atoms with Gasteiger partial charge >= 0.3 is 0 Å². The first-order valence-corrected chi connectivity index (χ1v) is 9.79. The summed E-state index contributed by atoms with van der Waals surface area (Å²) >= 11 is 0. The summed E-state index contributed by atoms with van der Waals surface area (Å²) in [6.45, 7) is 6.47. The summed E-state index contributed by atoms with van der Waals surface area (Å²) < 4.78 is 0. The zero-order valence-corrected chi connectivity index (χ0v) is 16.7. The van der Waals surface area contributed by atoms with Crippen LogP contribution in [0.3, 0.4) is 0 Å². The van der Waals surface area contributed by atoms with Gasteiger partial charge in [-0.1, -0.05) is 81.8 Å². The number of carbonyl (C=O) groups is 1. The fourth-order valence-electron chi connectivity index (χ4n) is 3.11. The van der Waals surface area contributed by atoms with E-state index in [1.165, 1.54) is 10.4 Å². The number of nitrogens with one attached hydrogen (secondary N) is 1. The highest BCUT2D eigenvalue weighted by molar-refractivity contribution is 5.76. The lowest BCUT2D eigenvalue weighted by molar-refractivity contribution is -0.122. The SMILES string of the molecule is CCC[C@H](NC(=O)Cn1nnc(-c2ccc(C(C)C)cc2)n1)c1ccccc1. The van der Waals surface area contributed by atoms with Crippen molar-refractivity contribution < 1.29 is 4.79 Å². The molecule has 0 bridgehead atoms. The predicted octanol–water partition coefficient (Wildman–Crippen LogP) is 4.12. The highest BCUT2D eigenvalue weighted by Crippen LogP contribution is 2.20. The van der Waals surface area contributed by atoms with Crippen LogP contribution < -0.4 is 5.32 Å². The van der Waals surface area contributed by atoms with Gasteiger partial charge in [0.25, 0.3) is 0 Å². The summed E-state index contributed by atoms with van der Waals surface area (Å²) in [6, 6.07) is 18.1. The van der Waals surface area contributed by atoms with E-state index in [9.17, 15) is 4.79 Å². The van der Waals surface area contributed by atoms with Gasteiger partial charge in [0, 0.05) is 5.56 Å². The highest BCUT2D eigenvalue weighted by atomic mass is 16.2. The van der Waals surface area contributed by atoms with Crippen molar-refractivity contribution >= 4 is 5.91 Å². The van der Waals surface area contributed by atoms with E-state index in [1.54, 1.807) is 0 Å². The van der Waals surface area contributed by atoms with Gasteiger partial charge in [-0.15, -0.1) is 10.2 Å². The van der Waals surface area contributed by atoms with Gasteiger partial charge < -0.3 is 5.32 Å². The lowest BCUT2D eigenvalue weighted by Crippen LogP contribution is -2.32. The quantitative estimate of drug-likeness (QED) is 0.641. The van der Waals surface area contributed by atoms with E-state index in [2.05, 4.69) is 53.6 Å². The molecule has 0 spiro atoms. The maximum Gasteiger partial charge on any atom is 0.244 e. The Labute approximate surface area is 166 Å². The standard InChI is InChI=1S/C22H27N5O/c1-4-8-20(18-9-6-5-7-10-18)23-21(28)15-27-25-22(24-26-27)19-13-11-17(12-14-19)16(2)3/h5-7,9-14,16,20H,4,8,15H2,1-3H3,(H,23,28)/t20-/m0/s1. The van der Waals surface area contributed by atoms with E-state index in [1.807, 2.05) is 42.5 Å². The second-order valence-electron chi connectivity index (χ2n) is 7.24. The van der Waals surface area contributed by atoms with Crippen LogP contribution in [0.4, 0.5) is 0 Å². The zero-order chi connectivity index (χ0) is 19.9. The van der Waals surface area contributed by atoms with Crippen molar-refractivity contribution in [3.63, 3.8) is 0 Å². The van der Waals surface area contributed by atoms with Gasteiger partial charge in [0.05, 0.1) is 6.04 Å². The highest BCUT2D eigenvalue weighted by Gasteiger charge is 2.15. The Morgan fingerprint density at radius 2 is 1.75 bits per heavy atom. The molecule has 0 aliphatic carbocycles. The van der Waals surface area contributed by atoms with Crippen LogP contribution >= 0.6 is 0 Å². The monoisotopic (exact) mass is 377 g/mol. The van der Waals surface area contributed by atoms with Crippen molar-refractivity contribution in [2.45, 2.75) is 52.1 Å². The largest absolute Gasteiger partial charge is 0.348 e. The molecule has 1 atom stereocenters. The van der Waals surface area contributed by atoms with Crippen molar-refractivity contribution in [1.29, 1.82) is 0 Å².